The lowest BCUT2D eigenvalue weighted by Gasteiger charge is -2.13. The van der Waals surface area contributed by atoms with Crippen LogP contribution in [0.3, 0.4) is 0 Å². The second-order valence-electron chi connectivity index (χ2n) is 3.13. The van der Waals surface area contributed by atoms with E-state index in [0.29, 0.717) is 18.3 Å². The van der Waals surface area contributed by atoms with Gasteiger partial charge in [-0.25, -0.2) is 4.98 Å². The molecule has 0 aliphatic carbocycles. The SMILES string of the molecule is CCOc1nc(C)c(CO)n1C(C)N. The summed E-state index contributed by atoms with van der Waals surface area (Å²) in [5, 5.41) is 9.16. The first-order chi connectivity index (χ1) is 6.61. The van der Waals surface area contributed by atoms with Crippen molar-refractivity contribution in [1.82, 2.24) is 9.55 Å². The Balaban J connectivity index is 3.16. The molecule has 0 bridgehead atoms. The molecule has 1 atom stereocenters. The fourth-order valence-corrected chi connectivity index (χ4v) is 1.39. The average molecular weight is 199 g/mol. The van der Waals surface area contributed by atoms with Gasteiger partial charge in [-0.3, -0.25) is 4.57 Å². The Morgan fingerprint density at radius 2 is 2.29 bits per heavy atom. The first-order valence-corrected chi connectivity index (χ1v) is 4.68. The maximum absolute atomic E-state index is 9.16. The molecule has 0 amide bonds. The van der Waals surface area contributed by atoms with Crippen LogP contribution in [-0.2, 0) is 6.61 Å². The molecule has 0 radical (unpaired) electrons. The maximum atomic E-state index is 9.16. The molecule has 5 heteroatoms. The van der Waals surface area contributed by atoms with Gasteiger partial charge in [0.2, 0.25) is 0 Å². The second kappa shape index (κ2) is 4.43. The zero-order chi connectivity index (χ0) is 10.7. The lowest BCUT2D eigenvalue weighted by Crippen LogP contribution is -2.18. The highest BCUT2D eigenvalue weighted by Gasteiger charge is 2.16. The minimum absolute atomic E-state index is 0.0759. The summed E-state index contributed by atoms with van der Waals surface area (Å²) in [5.41, 5.74) is 7.24. The summed E-state index contributed by atoms with van der Waals surface area (Å²) in [4.78, 5) is 4.19. The monoisotopic (exact) mass is 199 g/mol. The molecule has 0 aromatic carbocycles. The van der Waals surface area contributed by atoms with E-state index in [0.717, 1.165) is 5.69 Å². The molecule has 1 unspecified atom stereocenters. The predicted octanol–water partition coefficient (Wildman–Crippen LogP) is 0.560. The molecule has 0 spiro atoms. The number of hydrogen-bond acceptors (Lipinski definition) is 4. The number of aliphatic hydroxyl groups excluding tert-OH is 1. The van der Waals surface area contributed by atoms with E-state index in [4.69, 9.17) is 15.6 Å². The van der Waals surface area contributed by atoms with E-state index in [-0.39, 0.29) is 12.8 Å². The zero-order valence-electron chi connectivity index (χ0n) is 8.82. The molecular formula is C9H17N3O2. The van der Waals surface area contributed by atoms with Crippen molar-refractivity contribution in [1.29, 1.82) is 0 Å². The third-order valence-electron chi connectivity index (χ3n) is 2.01. The molecule has 0 aliphatic heterocycles. The molecule has 1 aromatic heterocycles. The number of hydrogen-bond donors (Lipinski definition) is 2. The summed E-state index contributed by atoms with van der Waals surface area (Å²) >= 11 is 0. The second-order valence-corrected chi connectivity index (χ2v) is 3.13. The minimum Gasteiger partial charge on any atom is -0.465 e. The summed E-state index contributed by atoms with van der Waals surface area (Å²) in [6.07, 6.45) is -0.250. The zero-order valence-corrected chi connectivity index (χ0v) is 8.82. The predicted molar refractivity (Wildman–Crippen MR) is 53.0 cm³/mol. The van der Waals surface area contributed by atoms with Gasteiger partial charge in [0.25, 0.3) is 6.01 Å². The van der Waals surface area contributed by atoms with Crippen molar-refractivity contribution in [3.05, 3.63) is 11.4 Å². The van der Waals surface area contributed by atoms with Crippen LogP contribution in [-0.4, -0.2) is 21.3 Å². The molecule has 3 N–H and O–H groups in total. The van der Waals surface area contributed by atoms with E-state index >= 15 is 0 Å². The summed E-state index contributed by atoms with van der Waals surface area (Å²) in [7, 11) is 0. The molecule has 1 rings (SSSR count). The van der Waals surface area contributed by atoms with Gasteiger partial charge in [0, 0.05) is 0 Å². The first-order valence-electron chi connectivity index (χ1n) is 4.68. The quantitative estimate of drug-likeness (QED) is 0.743. The van der Waals surface area contributed by atoms with E-state index < -0.39 is 0 Å². The highest BCUT2D eigenvalue weighted by atomic mass is 16.5. The molecule has 1 heterocycles. The van der Waals surface area contributed by atoms with Crippen LogP contribution in [0.5, 0.6) is 6.01 Å². The van der Waals surface area contributed by atoms with E-state index in [9.17, 15) is 0 Å². The normalized spacial score (nSPS) is 12.9. The summed E-state index contributed by atoms with van der Waals surface area (Å²) < 4.78 is 7.03. The van der Waals surface area contributed by atoms with Crippen molar-refractivity contribution in [2.75, 3.05) is 6.61 Å². The highest BCUT2D eigenvalue weighted by molar-refractivity contribution is 5.19. The van der Waals surface area contributed by atoms with Crippen molar-refractivity contribution in [3.8, 4) is 6.01 Å². The van der Waals surface area contributed by atoms with E-state index in [1.165, 1.54) is 0 Å². The first kappa shape index (κ1) is 11.0. The number of imidazole rings is 1. The van der Waals surface area contributed by atoms with Crippen LogP contribution in [0.25, 0.3) is 0 Å². The van der Waals surface area contributed by atoms with Crippen LogP contribution in [0.15, 0.2) is 0 Å². The van der Waals surface area contributed by atoms with Crippen molar-refractivity contribution < 1.29 is 9.84 Å². The molecule has 0 saturated heterocycles. The van der Waals surface area contributed by atoms with Crippen molar-refractivity contribution >= 4 is 0 Å². The lowest BCUT2D eigenvalue weighted by molar-refractivity contribution is 0.251. The molecule has 0 saturated carbocycles. The van der Waals surface area contributed by atoms with Gasteiger partial charge in [0.1, 0.15) is 0 Å². The van der Waals surface area contributed by atoms with Gasteiger partial charge in [0.15, 0.2) is 0 Å². The number of aryl methyl sites for hydroxylation is 1. The average Bonchev–Trinajstić information content (AvgIpc) is 2.42. The largest absolute Gasteiger partial charge is 0.465 e. The van der Waals surface area contributed by atoms with Crippen LogP contribution in [0.1, 0.15) is 31.4 Å². The Morgan fingerprint density at radius 3 is 2.71 bits per heavy atom. The number of aliphatic hydroxyl groups is 1. The van der Waals surface area contributed by atoms with E-state index in [2.05, 4.69) is 4.98 Å². The van der Waals surface area contributed by atoms with Gasteiger partial charge in [-0.05, 0) is 20.8 Å². The van der Waals surface area contributed by atoms with Crippen molar-refractivity contribution in [2.45, 2.75) is 33.5 Å². The minimum atomic E-state index is -0.250. The van der Waals surface area contributed by atoms with Gasteiger partial charge in [-0.1, -0.05) is 0 Å². The van der Waals surface area contributed by atoms with Gasteiger partial charge in [0.05, 0.1) is 30.8 Å². The number of nitrogens with zero attached hydrogens (tertiary/aromatic N) is 2. The molecule has 80 valence electrons. The summed E-state index contributed by atoms with van der Waals surface area (Å²) in [6.45, 7) is 5.99. The van der Waals surface area contributed by atoms with E-state index in [1.807, 2.05) is 20.8 Å². The molecule has 0 aliphatic rings. The van der Waals surface area contributed by atoms with Crippen LogP contribution < -0.4 is 10.5 Å². The fraction of sp³-hybridized carbons (Fsp3) is 0.667. The van der Waals surface area contributed by atoms with Crippen molar-refractivity contribution in [3.63, 3.8) is 0 Å². The Labute approximate surface area is 83.5 Å². The van der Waals surface area contributed by atoms with Crippen LogP contribution in [0.2, 0.25) is 0 Å². The standard InChI is InChI=1S/C9H17N3O2/c1-4-14-9-11-6(2)8(5-13)12(9)7(3)10/h7,13H,4-5,10H2,1-3H3. The third-order valence-corrected chi connectivity index (χ3v) is 2.01. The number of nitrogens with two attached hydrogens (primary N) is 1. The van der Waals surface area contributed by atoms with Crippen LogP contribution in [0.4, 0.5) is 0 Å². The Hall–Kier alpha value is -1.07. The number of aromatic nitrogens is 2. The number of rotatable bonds is 4. The molecule has 14 heavy (non-hydrogen) atoms. The summed E-state index contributed by atoms with van der Waals surface area (Å²) in [6, 6.07) is 0.476. The highest BCUT2D eigenvalue weighted by Crippen LogP contribution is 2.20. The van der Waals surface area contributed by atoms with Gasteiger partial charge < -0.3 is 15.6 Å². The number of ether oxygens (including phenoxy) is 1. The van der Waals surface area contributed by atoms with Gasteiger partial charge >= 0.3 is 0 Å². The fourth-order valence-electron chi connectivity index (χ4n) is 1.39. The molecular weight excluding hydrogens is 182 g/mol. The maximum Gasteiger partial charge on any atom is 0.298 e. The Morgan fingerprint density at radius 1 is 1.64 bits per heavy atom. The van der Waals surface area contributed by atoms with Crippen molar-refractivity contribution in [2.24, 2.45) is 5.73 Å². The van der Waals surface area contributed by atoms with E-state index in [1.54, 1.807) is 4.57 Å². The molecule has 1 aromatic rings. The molecule has 0 fully saturated rings. The topological polar surface area (TPSA) is 73.3 Å². The smallest absolute Gasteiger partial charge is 0.298 e. The third kappa shape index (κ3) is 1.88. The van der Waals surface area contributed by atoms with Gasteiger partial charge in [-0.15, -0.1) is 0 Å². The summed E-state index contributed by atoms with van der Waals surface area (Å²) in [5.74, 6) is 0. The molecule has 5 nitrogen and oxygen atoms in total. The van der Waals surface area contributed by atoms with Crippen LogP contribution in [0, 0.1) is 6.92 Å². The lowest BCUT2D eigenvalue weighted by atomic mass is 10.3. The van der Waals surface area contributed by atoms with Crippen LogP contribution >= 0.6 is 0 Å². The Bertz CT molecular complexity index is 307. The van der Waals surface area contributed by atoms with Gasteiger partial charge in [-0.2, -0.15) is 0 Å². The Kier molecular flexibility index (Phi) is 3.49.